The lowest BCUT2D eigenvalue weighted by atomic mass is 9.86. The van der Waals surface area contributed by atoms with Crippen LogP contribution >= 0.6 is 0 Å². The van der Waals surface area contributed by atoms with E-state index in [0.29, 0.717) is 18.8 Å². The van der Waals surface area contributed by atoms with Gasteiger partial charge in [0.2, 0.25) is 0 Å². The summed E-state index contributed by atoms with van der Waals surface area (Å²) in [5.74, 6) is 1.54. The van der Waals surface area contributed by atoms with E-state index >= 15 is 0 Å². The van der Waals surface area contributed by atoms with Gasteiger partial charge in [0.15, 0.2) is 0 Å². The Kier molecular flexibility index (Phi) is 8.12. The summed E-state index contributed by atoms with van der Waals surface area (Å²) in [5, 5.41) is 3.06. The third-order valence-corrected chi connectivity index (χ3v) is 4.80. The van der Waals surface area contributed by atoms with Crippen molar-refractivity contribution < 1.29 is 14.3 Å². The summed E-state index contributed by atoms with van der Waals surface area (Å²) >= 11 is 0. The van der Waals surface area contributed by atoms with Crippen LogP contribution in [0, 0.1) is 0 Å². The van der Waals surface area contributed by atoms with E-state index in [4.69, 9.17) is 9.47 Å². The molecule has 0 fully saturated rings. The van der Waals surface area contributed by atoms with Crippen LogP contribution in [0.5, 0.6) is 11.5 Å². The Morgan fingerprint density at radius 2 is 1.76 bits per heavy atom. The Morgan fingerprint density at radius 3 is 2.41 bits per heavy atom. The molecule has 2 aromatic rings. The highest BCUT2D eigenvalue weighted by atomic mass is 16.5. The van der Waals surface area contributed by atoms with Crippen molar-refractivity contribution in [2.45, 2.75) is 72.4 Å². The van der Waals surface area contributed by atoms with Gasteiger partial charge < -0.3 is 14.8 Å². The SMILES string of the molecule is CCC[C@H](C)NC(=O)c1ccc(OCC)c(COc2ccccc2C(C)(C)C)c1. The fraction of sp³-hybridized carbons (Fsp3) is 0.480. The van der Waals surface area contributed by atoms with Gasteiger partial charge >= 0.3 is 0 Å². The first-order valence-electron chi connectivity index (χ1n) is 10.5. The highest BCUT2D eigenvalue weighted by molar-refractivity contribution is 5.94. The number of rotatable bonds is 9. The molecular formula is C25H35NO3. The van der Waals surface area contributed by atoms with E-state index in [1.165, 1.54) is 0 Å². The molecule has 29 heavy (non-hydrogen) atoms. The average molecular weight is 398 g/mol. The molecule has 0 unspecified atom stereocenters. The van der Waals surface area contributed by atoms with Gasteiger partial charge in [0.1, 0.15) is 18.1 Å². The van der Waals surface area contributed by atoms with E-state index in [0.717, 1.165) is 35.5 Å². The molecule has 2 aromatic carbocycles. The van der Waals surface area contributed by atoms with Crippen LogP contribution in [-0.4, -0.2) is 18.6 Å². The molecule has 0 aromatic heterocycles. The first kappa shape index (κ1) is 22.8. The molecule has 158 valence electrons. The van der Waals surface area contributed by atoms with Crippen molar-refractivity contribution in [2.24, 2.45) is 0 Å². The lowest BCUT2D eigenvalue weighted by Gasteiger charge is -2.23. The molecule has 0 saturated heterocycles. The van der Waals surface area contributed by atoms with E-state index in [-0.39, 0.29) is 17.4 Å². The van der Waals surface area contributed by atoms with Crippen LogP contribution in [-0.2, 0) is 12.0 Å². The van der Waals surface area contributed by atoms with Crippen molar-refractivity contribution in [3.63, 3.8) is 0 Å². The molecule has 0 saturated carbocycles. The maximum absolute atomic E-state index is 12.6. The Bertz CT molecular complexity index is 808. The standard InChI is InChI=1S/C25H35NO3/c1-7-11-18(3)26-24(27)19-14-15-22(28-8-2)20(16-19)17-29-23-13-10-9-12-21(23)25(4,5)6/h9-10,12-16,18H,7-8,11,17H2,1-6H3,(H,26,27)/t18-/m0/s1. The number of nitrogens with one attached hydrogen (secondary N) is 1. The average Bonchev–Trinajstić information content (AvgIpc) is 2.67. The van der Waals surface area contributed by atoms with Gasteiger partial charge in [-0.25, -0.2) is 0 Å². The summed E-state index contributed by atoms with van der Waals surface area (Å²) in [6.45, 7) is 13.5. The molecule has 1 N–H and O–H groups in total. The van der Waals surface area contributed by atoms with Gasteiger partial charge in [0, 0.05) is 17.2 Å². The molecule has 4 heteroatoms. The Labute approximate surface area is 175 Å². The molecule has 1 amide bonds. The molecule has 1 atom stereocenters. The van der Waals surface area contributed by atoms with Crippen molar-refractivity contribution in [2.75, 3.05) is 6.61 Å². The third kappa shape index (κ3) is 6.52. The zero-order chi connectivity index (χ0) is 21.4. The fourth-order valence-corrected chi connectivity index (χ4v) is 3.31. The number of hydrogen-bond donors (Lipinski definition) is 1. The van der Waals surface area contributed by atoms with Gasteiger partial charge in [-0.1, -0.05) is 52.3 Å². The summed E-state index contributed by atoms with van der Waals surface area (Å²) in [4.78, 5) is 12.6. The number of carbonyl (C=O) groups is 1. The highest BCUT2D eigenvalue weighted by Gasteiger charge is 2.19. The van der Waals surface area contributed by atoms with Gasteiger partial charge in [-0.2, -0.15) is 0 Å². The van der Waals surface area contributed by atoms with Crippen LogP contribution in [0.25, 0.3) is 0 Å². The molecule has 4 nitrogen and oxygen atoms in total. The number of amides is 1. The summed E-state index contributed by atoms with van der Waals surface area (Å²) in [6.07, 6.45) is 2.00. The molecular weight excluding hydrogens is 362 g/mol. The van der Waals surface area contributed by atoms with Crippen LogP contribution in [0.2, 0.25) is 0 Å². The molecule has 0 spiro atoms. The van der Waals surface area contributed by atoms with Crippen LogP contribution in [0.15, 0.2) is 42.5 Å². The fourth-order valence-electron chi connectivity index (χ4n) is 3.31. The lowest BCUT2D eigenvalue weighted by molar-refractivity contribution is 0.0938. The Hall–Kier alpha value is -2.49. The molecule has 0 radical (unpaired) electrons. The normalized spacial score (nSPS) is 12.3. The molecule has 0 aliphatic rings. The lowest BCUT2D eigenvalue weighted by Crippen LogP contribution is -2.32. The van der Waals surface area contributed by atoms with Gasteiger partial charge in [-0.05, 0) is 55.5 Å². The second kappa shape index (κ2) is 10.3. The zero-order valence-electron chi connectivity index (χ0n) is 18.7. The third-order valence-electron chi connectivity index (χ3n) is 4.80. The Balaban J connectivity index is 2.24. The minimum absolute atomic E-state index is 0.0174. The molecule has 0 aliphatic heterocycles. The maximum Gasteiger partial charge on any atom is 0.251 e. The number of benzene rings is 2. The van der Waals surface area contributed by atoms with Gasteiger partial charge in [-0.15, -0.1) is 0 Å². The summed E-state index contributed by atoms with van der Waals surface area (Å²) in [7, 11) is 0. The summed E-state index contributed by atoms with van der Waals surface area (Å²) in [5.41, 5.74) is 2.63. The van der Waals surface area contributed by atoms with E-state index in [1.54, 1.807) is 0 Å². The number of ether oxygens (including phenoxy) is 2. The van der Waals surface area contributed by atoms with Crippen LogP contribution in [0.3, 0.4) is 0 Å². The monoisotopic (exact) mass is 397 g/mol. The minimum atomic E-state index is -0.0645. The van der Waals surface area contributed by atoms with Crippen molar-refractivity contribution in [3.8, 4) is 11.5 Å². The second-order valence-corrected chi connectivity index (χ2v) is 8.45. The quantitative estimate of drug-likeness (QED) is 0.575. The van der Waals surface area contributed by atoms with Crippen LogP contribution < -0.4 is 14.8 Å². The number of carbonyl (C=O) groups excluding carboxylic acids is 1. The van der Waals surface area contributed by atoms with Crippen LogP contribution in [0.1, 0.15) is 75.9 Å². The summed E-state index contributed by atoms with van der Waals surface area (Å²) < 4.78 is 11.9. The van der Waals surface area contributed by atoms with Crippen molar-refractivity contribution in [1.82, 2.24) is 5.32 Å². The molecule has 0 bridgehead atoms. The molecule has 0 aliphatic carbocycles. The van der Waals surface area contributed by atoms with Gasteiger partial charge in [0.25, 0.3) is 5.91 Å². The van der Waals surface area contributed by atoms with Gasteiger partial charge in [0.05, 0.1) is 6.61 Å². The highest BCUT2D eigenvalue weighted by Crippen LogP contribution is 2.32. The van der Waals surface area contributed by atoms with Crippen molar-refractivity contribution in [3.05, 3.63) is 59.2 Å². The van der Waals surface area contributed by atoms with Crippen molar-refractivity contribution in [1.29, 1.82) is 0 Å². The first-order valence-corrected chi connectivity index (χ1v) is 10.5. The maximum atomic E-state index is 12.6. The van der Waals surface area contributed by atoms with E-state index in [9.17, 15) is 4.79 Å². The second-order valence-electron chi connectivity index (χ2n) is 8.45. The molecule has 2 rings (SSSR count). The van der Waals surface area contributed by atoms with Crippen molar-refractivity contribution >= 4 is 5.91 Å². The first-order chi connectivity index (χ1) is 13.8. The van der Waals surface area contributed by atoms with E-state index in [2.05, 4.69) is 39.1 Å². The van der Waals surface area contributed by atoms with E-state index < -0.39 is 0 Å². The number of hydrogen-bond acceptors (Lipinski definition) is 3. The van der Waals surface area contributed by atoms with E-state index in [1.807, 2.05) is 50.2 Å². The predicted octanol–water partition coefficient (Wildman–Crippen LogP) is 5.88. The smallest absolute Gasteiger partial charge is 0.251 e. The largest absolute Gasteiger partial charge is 0.493 e. The Morgan fingerprint density at radius 1 is 1.03 bits per heavy atom. The topological polar surface area (TPSA) is 47.6 Å². The summed E-state index contributed by atoms with van der Waals surface area (Å²) in [6, 6.07) is 13.8. The zero-order valence-corrected chi connectivity index (χ0v) is 18.7. The minimum Gasteiger partial charge on any atom is -0.493 e. The molecule has 0 heterocycles. The number of para-hydroxylation sites is 1. The van der Waals surface area contributed by atoms with Crippen LogP contribution in [0.4, 0.5) is 0 Å². The van der Waals surface area contributed by atoms with Gasteiger partial charge in [-0.3, -0.25) is 4.79 Å². The predicted molar refractivity (Wildman–Crippen MR) is 119 cm³/mol.